The van der Waals surface area contributed by atoms with Crippen molar-refractivity contribution in [3.8, 4) is 0 Å². The Morgan fingerprint density at radius 3 is 2.50 bits per heavy atom. The van der Waals surface area contributed by atoms with Crippen molar-refractivity contribution in [2.45, 2.75) is 95.1 Å². The Kier molecular flexibility index (Phi) is 5.99. The maximum atomic E-state index is 13.3. The normalized spacial score (nSPS) is 50.2. The van der Waals surface area contributed by atoms with Crippen LogP contribution in [0.5, 0.6) is 0 Å². The molecule has 2 N–H and O–H groups in total. The second kappa shape index (κ2) is 7.88. The van der Waals surface area contributed by atoms with Crippen LogP contribution in [0.25, 0.3) is 0 Å². The van der Waals surface area contributed by atoms with E-state index in [4.69, 9.17) is 4.74 Å². The molecule has 180 valence electrons. The number of Topliss-reactive ketones (excluding diaryl/α,β-unsaturated/α-hetero) is 2. The average molecular weight is 513 g/mol. The third kappa shape index (κ3) is 2.86. The summed E-state index contributed by atoms with van der Waals surface area (Å²) < 4.78 is 5.42. The first kappa shape index (κ1) is 24.3. The molecule has 0 heterocycles. The number of carbonyl (C=O) groups is 3. The molecule has 0 aromatic carbocycles. The number of fused-ring (bicyclic) bond motifs is 5. The van der Waals surface area contributed by atoms with Crippen molar-refractivity contribution >= 4 is 33.5 Å². The summed E-state index contributed by atoms with van der Waals surface area (Å²) in [6, 6.07) is 0. The van der Waals surface area contributed by atoms with Gasteiger partial charge < -0.3 is 14.9 Å². The summed E-state index contributed by atoms with van der Waals surface area (Å²) in [6.07, 6.45) is 4.04. The van der Waals surface area contributed by atoms with E-state index < -0.39 is 39.8 Å². The number of hydrogen-bond donors (Lipinski definition) is 2. The van der Waals surface area contributed by atoms with Gasteiger partial charge in [-0.1, -0.05) is 43.6 Å². The summed E-state index contributed by atoms with van der Waals surface area (Å²) in [5.74, 6) is -0.489. The van der Waals surface area contributed by atoms with Gasteiger partial charge in [0.05, 0.1) is 10.4 Å². The summed E-state index contributed by atoms with van der Waals surface area (Å²) >= 11 is 4.09. The highest BCUT2D eigenvalue weighted by atomic mass is 79.9. The van der Waals surface area contributed by atoms with Crippen LogP contribution in [0.1, 0.15) is 79.1 Å². The van der Waals surface area contributed by atoms with Crippen molar-refractivity contribution in [1.82, 2.24) is 0 Å². The van der Waals surface area contributed by atoms with Crippen molar-refractivity contribution in [1.29, 1.82) is 0 Å². The van der Waals surface area contributed by atoms with Gasteiger partial charge >= 0.3 is 5.97 Å². The van der Waals surface area contributed by atoms with Gasteiger partial charge in [0.2, 0.25) is 5.78 Å². The largest absolute Gasteiger partial charge is 0.450 e. The number of carbonyl (C=O) groups excluding carboxylic acids is 3. The van der Waals surface area contributed by atoms with Crippen LogP contribution < -0.4 is 0 Å². The van der Waals surface area contributed by atoms with Crippen molar-refractivity contribution in [2.75, 3.05) is 6.61 Å². The Balaban J connectivity index is 1.81. The molecule has 0 aromatic rings. The number of halogens is 1. The van der Waals surface area contributed by atoms with Gasteiger partial charge in [-0.15, -0.1) is 0 Å². The van der Waals surface area contributed by atoms with Gasteiger partial charge in [-0.25, -0.2) is 0 Å². The zero-order chi connectivity index (χ0) is 23.7. The molecule has 4 rings (SSSR count). The molecular weight excluding hydrogens is 476 g/mol. The molecule has 0 aromatic heterocycles. The molecule has 7 heteroatoms. The summed E-state index contributed by atoms with van der Waals surface area (Å²) in [5.41, 5.74) is -2.43. The molecule has 0 amide bonds. The monoisotopic (exact) mass is 512 g/mol. The Morgan fingerprint density at radius 1 is 1.19 bits per heavy atom. The first-order valence-corrected chi connectivity index (χ1v) is 13.0. The summed E-state index contributed by atoms with van der Waals surface area (Å²) in [4.78, 5) is 38.0. The van der Waals surface area contributed by atoms with Gasteiger partial charge in [0.15, 0.2) is 5.60 Å². The summed E-state index contributed by atoms with van der Waals surface area (Å²) in [7, 11) is 0. The van der Waals surface area contributed by atoms with Gasteiger partial charge in [0, 0.05) is 30.6 Å². The molecule has 4 aliphatic carbocycles. The minimum Gasteiger partial charge on any atom is -0.450 e. The molecule has 0 bridgehead atoms. The van der Waals surface area contributed by atoms with Crippen LogP contribution in [-0.2, 0) is 19.1 Å². The highest BCUT2D eigenvalue weighted by Gasteiger charge is 2.76. The van der Waals surface area contributed by atoms with Crippen molar-refractivity contribution < 1.29 is 29.3 Å². The Hall–Kier alpha value is -0.790. The minimum atomic E-state index is -1.44. The molecule has 4 aliphatic rings. The van der Waals surface area contributed by atoms with Crippen molar-refractivity contribution in [2.24, 2.45) is 34.5 Å². The zero-order valence-corrected chi connectivity index (χ0v) is 21.2. The first-order valence-electron chi connectivity index (χ1n) is 12.2. The molecule has 0 saturated heterocycles. The third-order valence-corrected chi connectivity index (χ3v) is 12.2. The Morgan fingerprint density at radius 2 is 1.88 bits per heavy atom. The molecule has 0 aliphatic heterocycles. The molecule has 0 radical (unpaired) electrons. The lowest BCUT2D eigenvalue weighted by molar-refractivity contribution is -0.208. The van der Waals surface area contributed by atoms with Crippen LogP contribution >= 0.6 is 15.9 Å². The lowest BCUT2D eigenvalue weighted by Gasteiger charge is -2.67. The van der Waals surface area contributed by atoms with Gasteiger partial charge in [-0.2, -0.15) is 0 Å². The molecule has 32 heavy (non-hydrogen) atoms. The Labute approximate surface area is 199 Å². The van der Waals surface area contributed by atoms with E-state index in [0.717, 1.165) is 19.3 Å². The number of rotatable bonds is 4. The highest BCUT2D eigenvalue weighted by Crippen LogP contribution is 2.73. The maximum Gasteiger partial charge on any atom is 0.306 e. The summed E-state index contributed by atoms with van der Waals surface area (Å²) in [6.45, 7) is 7.15. The highest BCUT2D eigenvalue weighted by molar-refractivity contribution is 9.10. The smallest absolute Gasteiger partial charge is 0.306 e. The maximum absolute atomic E-state index is 13.3. The quantitative estimate of drug-likeness (QED) is 0.440. The molecule has 0 unspecified atom stereocenters. The molecule has 0 spiro atoms. The predicted molar refractivity (Wildman–Crippen MR) is 122 cm³/mol. The average Bonchev–Trinajstić information content (AvgIpc) is 2.96. The number of ether oxygens (including phenoxy) is 1. The fraction of sp³-hybridized carbons (Fsp3) is 0.880. The second-order valence-electron chi connectivity index (χ2n) is 11.3. The van der Waals surface area contributed by atoms with Crippen LogP contribution in [0.4, 0.5) is 0 Å². The lowest BCUT2D eigenvalue weighted by atomic mass is 9.43. The van der Waals surface area contributed by atoms with E-state index in [0.29, 0.717) is 31.5 Å². The number of aliphatic hydroxyl groups is 2. The van der Waals surface area contributed by atoms with Gasteiger partial charge in [-0.3, -0.25) is 14.4 Å². The van der Waals surface area contributed by atoms with E-state index >= 15 is 0 Å². The molecule has 4 fully saturated rings. The standard InChI is InChI=1S/C25H37BrO6/c1-5-21(31)32-25(20(30)13-27)14(2)10-18-17-7-6-15-11-16(28)8-9-22(15,3)24(17,26)19(29)12-23(18,25)4/h14-15,17-19,27,29H,5-13H2,1-4H3/t14-,15-,17-,18-,19-,22-,23-,24-,25-/m0/s1. The van der Waals surface area contributed by atoms with E-state index in [-0.39, 0.29) is 35.5 Å². The van der Waals surface area contributed by atoms with Gasteiger partial charge in [0.25, 0.3) is 0 Å². The molecule has 9 atom stereocenters. The van der Waals surface area contributed by atoms with E-state index in [1.807, 2.05) is 13.8 Å². The molecular formula is C25H37BrO6. The van der Waals surface area contributed by atoms with Crippen molar-refractivity contribution in [3.63, 3.8) is 0 Å². The Bertz CT molecular complexity index is 829. The van der Waals surface area contributed by atoms with Gasteiger partial charge in [-0.05, 0) is 55.3 Å². The fourth-order valence-electron chi connectivity index (χ4n) is 8.61. The van der Waals surface area contributed by atoms with Crippen LogP contribution in [-0.4, -0.2) is 50.4 Å². The molecule has 4 saturated carbocycles. The minimum absolute atomic E-state index is 0.0517. The number of aliphatic hydroxyl groups excluding tert-OH is 2. The molecule has 6 nitrogen and oxygen atoms in total. The number of ketones is 2. The lowest BCUT2D eigenvalue weighted by Crippen LogP contribution is -2.71. The van der Waals surface area contributed by atoms with E-state index in [2.05, 4.69) is 22.9 Å². The number of hydrogen-bond acceptors (Lipinski definition) is 6. The SMILES string of the molecule is CCC(=O)O[C@]1(C(=O)CO)[C@@H](C)C[C@H]2[C@@H]3CC[C@H]4CC(=O)CC[C@]4(C)[C@@]3(Br)[C@@H](O)C[C@@]21C. The summed E-state index contributed by atoms with van der Waals surface area (Å²) in [5, 5.41) is 21.7. The van der Waals surface area contributed by atoms with Crippen LogP contribution in [0.3, 0.4) is 0 Å². The zero-order valence-electron chi connectivity index (χ0n) is 19.7. The van der Waals surface area contributed by atoms with Crippen LogP contribution in [0, 0.1) is 34.5 Å². The number of alkyl halides is 1. The van der Waals surface area contributed by atoms with Crippen LogP contribution in [0.2, 0.25) is 0 Å². The van der Waals surface area contributed by atoms with Crippen molar-refractivity contribution in [3.05, 3.63) is 0 Å². The van der Waals surface area contributed by atoms with E-state index in [1.54, 1.807) is 6.92 Å². The third-order valence-electron chi connectivity index (χ3n) is 10.2. The number of esters is 1. The topological polar surface area (TPSA) is 101 Å². The van der Waals surface area contributed by atoms with E-state index in [9.17, 15) is 24.6 Å². The van der Waals surface area contributed by atoms with Crippen LogP contribution in [0.15, 0.2) is 0 Å². The first-order chi connectivity index (χ1) is 14.9. The van der Waals surface area contributed by atoms with E-state index in [1.165, 1.54) is 0 Å². The fourth-order valence-corrected chi connectivity index (χ4v) is 9.84. The second-order valence-corrected chi connectivity index (χ2v) is 12.6. The van der Waals surface area contributed by atoms with Gasteiger partial charge in [0.1, 0.15) is 12.4 Å². The predicted octanol–water partition coefficient (Wildman–Crippen LogP) is 3.59.